The van der Waals surface area contributed by atoms with E-state index in [4.69, 9.17) is 4.74 Å². The molecule has 1 N–H and O–H groups in total. The van der Waals surface area contributed by atoms with Gasteiger partial charge in [0.2, 0.25) is 5.91 Å². The molecule has 1 fully saturated rings. The van der Waals surface area contributed by atoms with Crippen LogP contribution in [0.4, 0.5) is 0 Å². The highest BCUT2D eigenvalue weighted by Gasteiger charge is 2.23. The Labute approximate surface area is 85.6 Å². The normalized spacial score (nSPS) is 21.6. The monoisotopic (exact) mass is 200 g/mol. The highest BCUT2D eigenvalue weighted by molar-refractivity contribution is 5.78. The number of ether oxygens (including phenoxy) is 1. The molecule has 0 saturated carbocycles. The lowest BCUT2D eigenvalue weighted by molar-refractivity contribution is -0.131. The van der Waals surface area contributed by atoms with E-state index in [0.29, 0.717) is 19.2 Å². The lowest BCUT2D eigenvalue weighted by atomic mass is 10.2. The fourth-order valence-corrected chi connectivity index (χ4v) is 1.45. The molecule has 14 heavy (non-hydrogen) atoms. The number of nitrogens with one attached hydrogen (secondary N) is 1. The van der Waals surface area contributed by atoms with Crippen molar-refractivity contribution >= 4 is 5.91 Å². The Hall–Kier alpha value is -0.610. The summed E-state index contributed by atoms with van der Waals surface area (Å²) < 4.78 is 5.24. The van der Waals surface area contributed by atoms with Gasteiger partial charge in [0.05, 0.1) is 19.2 Å². The fourth-order valence-electron chi connectivity index (χ4n) is 1.45. The van der Waals surface area contributed by atoms with E-state index >= 15 is 0 Å². The Morgan fingerprint density at radius 3 is 2.86 bits per heavy atom. The van der Waals surface area contributed by atoms with Crippen molar-refractivity contribution in [3.8, 4) is 0 Å². The maximum atomic E-state index is 11.6. The molecule has 4 nitrogen and oxygen atoms in total. The summed E-state index contributed by atoms with van der Waals surface area (Å²) in [5, 5.41) is 3.12. The summed E-state index contributed by atoms with van der Waals surface area (Å²) in [7, 11) is 1.85. The highest BCUT2D eigenvalue weighted by Crippen LogP contribution is 2.10. The van der Waals surface area contributed by atoms with Crippen LogP contribution in [-0.2, 0) is 9.53 Å². The number of rotatable bonds is 4. The second-order valence-corrected chi connectivity index (χ2v) is 4.06. The van der Waals surface area contributed by atoms with E-state index in [1.54, 1.807) is 4.90 Å². The molecule has 82 valence electrons. The third-order valence-corrected chi connectivity index (χ3v) is 2.51. The van der Waals surface area contributed by atoms with Gasteiger partial charge in [0, 0.05) is 19.7 Å². The van der Waals surface area contributed by atoms with Crippen molar-refractivity contribution in [3.63, 3.8) is 0 Å². The molecule has 4 heteroatoms. The number of likely N-dealkylation sites (N-methyl/N-ethyl adjacent to an activating group) is 1. The minimum atomic E-state index is 0.147. The number of carbonyl (C=O) groups excluding carboxylic acids is 1. The number of hydrogen-bond acceptors (Lipinski definition) is 3. The maximum Gasteiger partial charge on any atom is 0.236 e. The summed E-state index contributed by atoms with van der Waals surface area (Å²) >= 11 is 0. The largest absolute Gasteiger partial charge is 0.379 e. The van der Waals surface area contributed by atoms with Crippen molar-refractivity contribution in [2.45, 2.75) is 32.4 Å². The van der Waals surface area contributed by atoms with Crippen molar-refractivity contribution in [1.29, 1.82) is 0 Å². The molecular weight excluding hydrogens is 180 g/mol. The SMILES string of the molecule is CC(C)NCC(=O)N(C)C1CCOC1. The van der Waals surface area contributed by atoms with Crippen molar-refractivity contribution in [3.05, 3.63) is 0 Å². The Morgan fingerprint density at radius 1 is 1.64 bits per heavy atom. The quantitative estimate of drug-likeness (QED) is 0.706. The van der Waals surface area contributed by atoms with Crippen LogP contribution in [0.1, 0.15) is 20.3 Å². The zero-order valence-electron chi connectivity index (χ0n) is 9.25. The van der Waals surface area contributed by atoms with Crippen LogP contribution in [0, 0.1) is 0 Å². The summed E-state index contributed by atoms with van der Waals surface area (Å²) in [5.74, 6) is 0.147. The van der Waals surface area contributed by atoms with Crippen molar-refractivity contribution < 1.29 is 9.53 Å². The third kappa shape index (κ3) is 3.27. The molecule has 0 radical (unpaired) electrons. The first-order valence-corrected chi connectivity index (χ1v) is 5.18. The van der Waals surface area contributed by atoms with E-state index in [2.05, 4.69) is 5.32 Å². The van der Waals surface area contributed by atoms with Gasteiger partial charge in [0.25, 0.3) is 0 Å². The van der Waals surface area contributed by atoms with Gasteiger partial charge in [-0.25, -0.2) is 0 Å². The van der Waals surface area contributed by atoms with Gasteiger partial charge in [0.1, 0.15) is 0 Å². The number of amides is 1. The van der Waals surface area contributed by atoms with Gasteiger partial charge < -0.3 is 15.0 Å². The summed E-state index contributed by atoms with van der Waals surface area (Å²) in [5.41, 5.74) is 0. The minimum absolute atomic E-state index is 0.147. The van der Waals surface area contributed by atoms with Crippen LogP contribution in [0.2, 0.25) is 0 Å². The Kier molecular flexibility index (Phi) is 4.35. The van der Waals surface area contributed by atoms with Crippen molar-refractivity contribution in [2.75, 3.05) is 26.8 Å². The minimum Gasteiger partial charge on any atom is -0.379 e. The zero-order valence-corrected chi connectivity index (χ0v) is 9.25. The molecule has 1 rings (SSSR count). The molecule has 0 spiro atoms. The molecule has 1 unspecified atom stereocenters. The number of hydrogen-bond donors (Lipinski definition) is 1. The van der Waals surface area contributed by atoms with Gasteiger partial charge in [-0.1, -0.05) is 13.8 Å². The zero-order chi connectivity index (χ0) is 10.6. The molecule has 0 aliphatic carbocycles. The van der Waals surface area contributed by atoms with E-state index in [-0.39, 0.29) is 11.9 Å². The molecule has 1 aliphatic heterocycles. The topological polar surface area (TPSA) is 41.6 Å². The third-order valence-electron chi connectivity index (χ3n) is 2.51. The molecule has 0 aromatic heterocycles. The highest BCUT2D eigenvalue weighted by atomic mass is 16.5. The van der Waals surface area contributed by atoms with Gasteiger partial charge in [0.15, 0.2) is 0 Å². The smallest absolute Gasteiger partial charge is 0.236 e. The average molecular weight is 200 g/mol. The predicted octanol–water partition coefficient (Wildman–Crippen LogP) is 0.232. The maximum absolute atomic E-state index is 11.6. The van der Waals surface area contributed by atoms with E-state index in [9.17, 15) is 4.79 Å². The molecule has 0 bridgehead atoms. The molecule has 0 aromatic carbocycles. The van der Waals surface area contributed by atoms with Crippen LogP contribution in [0.15, 0.2) is 0 Å². The Bertz CT molecular complexity index is 189. The van der Waals surface area contributed by atoms with Gasteiger partial charge >= 0.3 is 0 Å². The van der Waals surface area contributed by atoms with E-state index in [1.807, 2.05) is 20.9 Å². The van der Waals surface area contributed by atoms with Crippen molar-refractivity contribution in [1.82, 2.24) is 10.2 Å². The standard InChI is InChI=1S/C10H20N2O2/c1-8(2)11-6-10(13)12(3)9-4-5-14-7-9/h8-9,11H,4-7H2,1-3H3. The van der Waals surface area contributed by atoms with Gasteiger partial charge in [-0.15, -0.1) is 0 Å². The predicted molar refractivity (Wildman–Crippen MR) is 55.1 cm³/mol. The average Bonchev–Trinajstić information content (AvgIpc) is 2.65. The van der Waals surface area contributed by atoms with Gasteiger partial charge in [-0.3, -0.25) is 4.79 Å². The molecule has 1 aliphatic rings. The Balaban J connectivity index is 2.28. The second kappa shape index (κ2) is 5.32. The summed E-state index contributed by atoms with van der Waals surface area (Å²) in [4.78, 5) is 13.4. The fraction of sp³-hybridized carbons (Fsp3) is 0.900. The van der Waals surface area contributed by atoms with Crippen molar-refractivity contribution in [2.24, 2.45) is 0 Å². The lowest BCUT2D eigenvalue weighted by Crippen LogP contribution is -2.43. The Morgan fingerprint density at radius 2 is 2.36 bits per heavy atom. The first kappa shape index (κ1) is 11.5. The number of carbonyl (C=O) groups is 1. The van der Waals surface area contributed by atoms with E-state index < -0.39 is 0 Å². The first-order chi connectivity index (χ1) is 6.61. The molecule has 0 aromatic rings. The van der Waals surface area contributed by atoms with E-state index in [1.165, 1.54) is 0 Å². The van der Waals surface area contributed by atoms with Crippen LogP contribution < -0.4 is 5.32 Å². The van der Waals surface area contributed by atoms with Gasteiger partial charge in [-0.05, 0) is 6.42 Å². The van der Waals surface area contributed by atoms with Crippen LogP contribution in [0.25, 0.3) is 0 Å². The number of nitrogens with zero attached hydrogens (tertiary/aromatic N) is 1. The van der Waals surface area contributed by atoms with Crippen LogP contribution >= 0.6 is 0 Å². The van der Waals surface area contributed by atoms with Gasteiger partial charge in [-0.2, -0.15) is 0 Å². The molecule has 1 saturated heterocycles. The summed E-state index contributed by atoms with van der Waals surface area (Å²) in [6.07, 6.45) is 0.962. The molecule has 1 heterocycles. The van der Waals surface area contributed by atoms with E-state index in [0.717, 1.165) is 13.0 Å². The second-order valence-electron chi connectivity index (χ2n) is 4.06. The lowest BCUT2D eigenvalue weighted by Gasteiger charge is -2.23. The molecular formula is C10H20N2O2. The van der Waals surface area contributed by atoms with Crippen LogP contribution in [-0.4, -0.2) is 49.7 Å². The summed E-state index contributed by atoms with van der Waals surface area (Å²) in [6, 6.07) is 0.628. The molecule has 1 atom stereocenters. The van der Waals surface area contributed by atoms with Crippen LogP contribution in [0.5, 0.6) is 0 Å². The summed E-state index contributed by atoms with van der Waals surface area (Å²) in [6.45, 7) is 5.95. The first-order valence-electron chi connectivity index (χ1n) is 5.18. The van der Waals surface area contributed by atoms with Crippen LogP contribution in [0.3, 0.4) is 0 Å². The molecule has 1 amide bonds.